The van der Waals surface area contributed by atoms with Crippen LogP contribution in [0, 0.1) is 11.2 Å². The van der Waals surface area contributed by atoms with Crippen LogP contribution in [0.15, 0.2) is 36.5 Å². The summed E-state index contributed by atoms with van der Waals surface area (Å²) in [6.45, 7) is 4.27. The minimum atomic E-state index is -0.847. The lowest BCUT2D eigenvalue weighted by molar-refractivity contribution is -0.231. The molecular weight excluding hydrogens is 493 g/mol. The van der Waals surface area contributed by atoms with Gasteiger partial charge in [0, 0.05) is 38.0 Å². The van der Waals surface area contributed by atoms with Gasteiger partial charge < -0.3 is 35.6 Å². The Labute approximate surface area is 219 Å². The molecule has 1 atom stereocenters. The third kappa shape index (κ3) is 5.83. The summed E-state index contributed by atoms with van der Waals surface area (Å²) < 4.78 is 31.2. The van der Waals surface area contributed by atoms with Crippen LogP contribution in [0.3, 0.4) is 0 Å². The van der Waals surface area contributed by atoms with Crippen molar-refractivity contribution in [3.8, 4) is 22.6 Å². The Hall–Kier alpha value is -3.45. The molecule has 1 unspecified atom stereocenters. The fraction of sp³-hybridized carbons (Fsp3) is 0.462. The molecule has 0 aliphatic carbocycles. The van der Waals surface area contributed by atoms with Crippen molar-refractivity contribution in [2.75, 3.05) is 44.8 Å². The molecule has 5 rings (SSSR count). The molecule has 1 aromatic carbocycles. The maximum absolute atomic E-state index is 13.6. The van der Waals surface area contributed by atoms with Crippen LogP contribution in [-0.4, -0.2) is 71.4 Å². The lowest BCUT2D eigenvalue weighted by Crippen LogP contribution is -2.49. The summed E-state index contributed by atoms with van der Waals surface area (Å²) in [5.74, 6) is 0.342. The lowest BCUT2D eigenvalue weighted by Gasteiger charge is -2.35. The van der Waals surface area contributed by atoms with Crippen molar-refractivity contribution in [2.45, 2.75) is 32.2 Å². The highest BCUT2D eigenvalue weighted by atomic mass is 19.1. The highest BCUT2D eigenvalue weighted by Crippen LogP contribution is 2.35. The molecule has 0 bridgehead atoms. The third-order valence-corrected chi connectivity index (χ3v) is 6.57. The number of benzene rings is 1. The van der Waals surface area contributed by atoms with E-state index in [-0.39, 0.29) is 31.0 Å². The van der Waals surface area contributed by atoms with E-state index in [0.29, 0.717) is 54.1 Å². The average molecular weight is 526 g/mol. The molecule has 2 aliphatic heterocycles. The molecule has 2 fully saturated rings. The Balaban J connectivity index is 1.35. The second kappa shape index (κ2) is 11.5. The van der Waals surface area contributed by atoms with Crippen LogP contribution in [-0.2, 0) is 19.0 Å². The molecule has 202 valence electrons. The lowest BCUT2D eigenvalue weighted by atomic mass is 9.91. The van der Waals surface area contributed by atoms with Gasteiger partial charge >= 0.3 is 0 Å². The zero-order valence-corrected chi connectivity index (χ0v) is 21.2. The maximum atomic E-state index is 13.6. The molecule has 3 aromatic rings. The van der Waals surface area contributed by atoms with Gasteiger partial charge in [-0.2, -0.15) is 0 Å². The molecule has 2 saturated heterocycles. The van der Waals surface area contributed by atoms with E-state index in [1.54, 1.807) is 24.4 Å². The van der Waals surface area contributed by atoms with E-state index in [2.05, 4.69) is 25.6 Å². The highest BCUT2D eigenvalue weighted by molar-refractivity contribution is 5.82. The summed E-state index contributed by atoms with van der Waals surface area (Å²) >= 11 is 0. The molecule has 0 radical (unpaired) electrons. The van der Waals surface area contributed by atoms with Gasteiger partial charge in [0.1, 0.15) is 5.82 Å². The predicted octanol–water partition coefficient (Wildman–Crippen LogP) is 2.39. The van der Waals surface area contributed by atoms with Gasteiger partial charge in [0.25, 0.3) is 0 Å². The maximum Gasteiger partial charge on any atom is 0.230 e. The third-order valence-electron chi connectivity index (χ3n) is 6.57. The summed E-state index contributed by atoms with van der Waals surface area (Å²) in [5.41, 5.74) is 7.15. The van der Waals surface area contributed by atoms with Crippen molar-refractivity contribution in [3.05, 3.63) is 48.2 Å². The van der Waals surface area contributed by atoms with E-state index in [4.69, 9.17) is 24.9 Å². The fourth-order valence-electron chi connectivity index (χ4n) is 4.40. The first-order valence-electron chi connectivity index (χ1n) is 12.7. The summed E-state index contributed by atoms with van der Waals surface area (Å²) in [5, 5.41) is 6.03. The summed E-state index contributed by atoms with van der Waals surface area (Å²) in [6.07, 6.45) is 2.82. The molecule has 2 aromatic heterocycles. The number of hydrogen-bond donors (Lipinski definition) is 4. The normalized spacial score (nSPS) is 23.3. The number of rotatable bonds is 9. The van der Waals surface area contributed by atoms with Crippen LogP contribution in [0.25, 0.3) is 22.6 Å². The van der Waals surface area contributed by atoms with Gasteiger partial charge in [-0.25, -0.2) is 19.3 Å². The van der Waals surface area contributed by atoms with E-state index < -0.39 is 11.7 Å². The van der Waals surface area contributed by atoms with Crippen molar-refractivity contribution in [3.63, 3.8) is 0 Å². The molecule has 11 nitrogen and oxygen atoms in total. The number of aromatic nitrogens is 4. The minimum Gasteiger partial charge on any atom is -0.376 e. The number of nitrogens with zero attached hydrogens (tertiary/aromatic N) is 3. The molecule has 0 saturated carbocycles. The molecule has 2 aliphatic rings. The second-order valence-corrected chi connectivity index (χ2v) is 9.69. The van der Waals surface area contributed by atoms with Gasteiger partial charge in [0.2, 0.25) is 18.1 Å². The second-order valence-electron chi connectivity index (χ2n) is 9.69. The van der Waals surface area contributed by atoms with E-state index in [9.17, 15) is 9.18 Å². The van der Waals surface area contributed by atoms with E-state index in [1.807, 2.05) is 6.92 Å². The Morgan fingerprint density at radius 1 is 1.18 bits per heavy atom. The number of H-pyrrole nitrogens is 1. The van der Waals surface area contributed by atoms with Gasteiger partial charge in [-0.1, -0.05) is 0 Å². The number of ether oxygens (including phenoxy) is 3. The Bertz CT molecular complexity index is 1240. The zero-order chi connectivity index (χ0) is 26.5. The fourth-order valence-corrected chi connectivity index (χ4v) is 4.40. The molecule has 0 spiro atoms. The molecule has 38 heavy (non-hydrogen) atoms. The van der Waals surface area contributed by atoms with E-state index in [1.165, 1.54) is 12.1 Å². The van der Waals surface area contributed by atoms with Gasteiger partial charge in [-0.3, -0.25) is 4.79 Å². The standard InChI is InChI=1S/C26H32FN7O4/c1-26(24(35)31-13-18-3-2-12-36-18)14-37-23(38-15-26)22-33-20(16-4-6-17(27)7-5-16)21(34-22)19-8-10-29-25(32-19)30-11-9-28/h4-8,10,18,23H,2-3,9,11-15,28H2,1H3,(H,31,35)(H,33,34)(H,29,30,32). The molecule has 1 amide bonds. The number of carbonyl (C=O) groups is 1. The van der Waals surface area contributed by atoms with Gasteiger partial charge in [-0.15, -0.1) is 0 Å². The van der Waals surface area contributed by atoms with Crippen LogP contribution in [0.1, 0.15) is 31.9 Å². The largest absolute Gasteiger partial charge is 0.376 e. The number of nitrogens with two attached hydrogens (primary N) is 1. The number of carbonyl (C=O) groups excluding carboxylic acids is 1. The SMILES string of the molecule is CC1(C(=O)NCC2CCCO2)COC(c2nc(-c3ccc(F)cc3)c(-c3ccnc(NCCN)n3)[nH]2)OC1. The summed E-state index contributed by atoms with van der Waals surface area (Å²) in [4.78, 5) is 29.7. The van der Waals surface area contributed by atoms with Crippen LogP contribution in [0.2, 0.25) is 0 Å². The van der Waals surface area contributed by atoms with Crippen molar-refractivity contribution in [1.29, 1.82) is 0 Å². The Morgan fingerprint density at radius 2 is 1.97 bits per heavy atom. The topological polar surface area (TPSA) is 149 Å². The minimum absolute atomic E-state index is 0.0555. The van der Waals surface area contributed by atoms with Crippen molar-refractivity contribution in [1.82, 2.24) is 25.3 Å². The highest BCUT2D eigenvalue weighted by Gasteiger charge is 2.41. The van der Waals surface area contributed by atoms with Gasteiger partial charge in [0.15, 0.2) is 5.82 Å². The van der Waals surface area contributed by atoms with Crippen LogP contribution in [0.5, 0.6) is 0 Å². The number of nitrogens with one attached hydrogen (secondary N) is 3. The van der Waals surface area contributed by atoms with Crippen molar-refractivity contribution >= 4 is 11.9 Å². The summed E-state index contributed by atoms with van der Waals surface area (Å²) in [7, 11) is 0. The average Bonchev–Trinajstić information content (AvgIpc) is 3.62. The first-order chi connectivity index (χ1) is 18.4. The van der Waals surface area contributed by atoms with Crippen molar-refractivity contribution < 1.29 is 23.4 Å². The van der Waals surface area contributed by atoms with E-state index >= 15 is 0 Å². The van der Waals surface area contributed by atoms with Crippen LogP contribution >= 0.6 is 0 Å². The quantitative estimate of drug-likeness (QED) is 0.330. The number of hydrogen-bond acceptors (Lipinski definition) is 9. The Morgan fingerprint density at radius 3 is 2.68 bits per heavy atom. The monoisotopic (exact) mass is 525 g/mol. The van der Waals surface area contributed by atoms with E-state index in [0.717, 1.165) is 19.4 Å². The van der Waals surface area contributed by atoms with Crippen LogP contribution in [0.4, 0.5) is 10.3 Å². The number of anilines is 1. The molecule has 4 heterocycles. The smallest absolute Gasteiger partial charge is 0.230 e. The predicted molar refractivity (Wildman–Crippen MR) is 137 cm³/mol. The first kappa shape index (κ1) is 26.2. The van der Waals surface area contributed by atoms with Gasteiger partial charge in [-0.05, 0) is 50.1 Å². The van der Waals surface area contributed by atoms with Crippen LogP contribution < -0.4 is 16.4 Å². The number of imidazole rings is 1. The number of aromatic amines is 1. The van der Waals surface area contributed by atoms with Crippen molar-refractivity contribution in [2.24, 2.45) is 11.1 Å². The number of amides is 1. The first-order valence-corrected chi connectivity index (χ1v) is 12.7. The van der Waals surface area contributed by atoms with Gasteiger partial charge in [0.05, 0.1) is 41.8 Å². The Kier molecular flexibility index (Phi) is 7.93. The molecule has 5 N–H and O–H groups in total. The molecule has 12 heteroatoms. The zero-order valence-electron chi connectivity index (χ0n) is 21.2. The number of halogens is 1. The molecular formula is C26H32FN7O4. The summed E-state index contributed by atoms with van der Waals surface area (Å²) in [6, 6.07) is 7.78.